The van der Waals surface area contributed by atoms with Crippen LogP contribution in [0.25, 0.3) is 62.6 Å². The lowest BCUT2D eigenvalue weighted by atomic mass is 9.84. The number of benzene rings is 5. The first-order chi connectivity index (χ1) is 17.0. The fraction of sp³-hybridized carbons (Fsp3) is 0.0323. The van der Waals surface area contributed by atoms with E-state index in [2.05, 4.69) is 114 Å². The van der Waals surface area contributed by atoms with Crippen molar-refractivity contribution in [1.82, 2.24) is 0 Å². The Kier molecular flexibility index (Phi) is 4.70. The molecule has 0 amide bonds. The average Bonchev–Trinajstić information content (AvgIpc) is 3.45. The Bertz CT molecular complexity index is 1890. The van der Waals surface area contributed by atoms with Crippen molar-refractivity contribution >= 4 is 91.0 Å². The molecule has 4 heteroatoms. The van der Waals surface area contributed by atoms with Crippen LogP contribution in [-0.4, -0.2) is 15.7 Å². The van der Waals surface area contributed by atoms with Gasteiger partial charge in [0.25, 0.3) is 0 Å². The summed E-state index contributed by atoms with van der Waals surface area (Å²) in [6, 6.07) is 33.9. The molecule has 0 saturated carbocycles. The van der Waals surface area contributed by atoms with Gasteiger partial charge in [0, 0.05) is 19.2 Å². The molecule has 2 heterocycles. The summed E-state index contributed by atoms with van der Waals surface area (Å²) in [5, 5.41) is 7.96. The number of aryl methyl sites for hydroxylation is 1. The fourth-order valence-electron chi connectivity index (χ4n) is 5.53. The predicted octanol–water partition coefficient (Wildman–Crippen LogP) is 6.58. The van der Waals surface area contributed by atoms with Crippen LogP contribution in [0.2, 0.25) is 0 Å². The maximum Gasteiger partial charge on any atom is 0.140 e. The zero-order valence-electron chi connectivity index (χ0n) is 20.0. The van der Waals surface area contributed by atoms with Gasteiger partial charge in [-0.1, -0.05) is 71.6 Å². The Morgan fingerprint density at radius 2 is 1.11 bits per heavy atom. The van der Waals surface area contributed by atoms with Crippen LogP contribution in [0.4, 0.5) is 0 Å². The number of hydrogen-bond donors (Lipinski definition) is 0. The summed E-state index contributed by atoms with van der Waals surface area (Å²) in [4.78, 5) is 2.71. The Morgan fingerprint density at radius 3 is 1.86 bits per heavy atom. The maximum atomic E-state index is 2.39. The molecule has 0 bridgehead atoms. The SMILES string of the molecule is Bc1cc2ccccc2cc1-c1cc2cc3sc(-c4c(B)cc5ccccc5c4C)cc3cc2s1. The molecule has 0 atom stereocenters. The molecule has 5 aromatic carbocycles. The van der Waals surface area contributed by atoms with Gasteiger partial charge in [-0.3, -0.25) is 0 Å². The summed E-state index contributed by atoms with van der Waals surface area (Å²) in [6.07, 6.45) is 0. The predicted molar refractivity (Wildman–Crippen MR) is 164 cm³/mol. The Labute approximate surface area is 214 Å². The second-order valence-corrected chi connectivity index (χ2v) is 11.7. The van der Waals surface area contributed by atoms with E-state index in [-0.39, 0.29) is 0 Å². The van der Waals surface area contributed by atoms with Crippen molar-refractivity contribution in [3.05, 3.63) is 96.6 Å². The zero-order valence-corrected chi connectivity index (χ0v) is 21.6. The van der Waals surface area contributed by atoms with E-state index < -0.39 is 0 Å². The van der Waals surface area contributed by atoms with E-state index in [9.17, 15) is 0 Å². The van der Waals surface area contributed by atoms with E-state index in [0.717, 1.165) is 0 Å². The van der Waals surface area contributed by atoms with E-state index in [1.165, 1.54) is 79.1 Å². The van der Waals surface area contributed by atoms with Crippen molar-refractivity contribution < 1.29 is 0 Å². The molecule has 0 unspecified atom stereocenters. The van der Waals surface area contributed by atoms with Crippen LogP contribution in [-0.2, 0) is 0 Å². The fourth-order valence-corrected chi connectivity index (χ4v) is 7.96. The van der Waals surface area contributed by atoms with E-state index in [0.29, 0.717) is 0 Å². The third kappa shape index (κ3) is 3.36. The highest BCUT2D eigenvalue weighted by Gasteiger charge is 2.15. The molecule has 0 spiro atoms. The average molecular weight is 480 g/mol. The molecule has 2 aromatic heterocycles. The minimum absolute atomic E-state index is 1.30. The first kappa shape index (κ1) is 21.0. The monoisotopic (exact) mass is 480 g/mol. The minimum atomic E-state index is 1.30. The van der Waals surface area contributed by atoms with Crippen LogP contribution < -0.4 is 10.9 Å². The van der Waals surface area contributed by atoms with Gasteiger partial charge in [-0.25, -0.2) is 0 Å². The minimum Gasteiger partial charge on any atom is -0.135 e. The summed E-state index contributed by atoms with van der Waals surface area (Å²) in [7, 11) is 4.47. The lowest BCUT2D eigenvalue weighted by Gasteiger charge is -2.12. The summed E-state index contributed by atoms with van der Waals surface area (Å²) in [5.41, 5.74) is 6.80. The third-order valence-electron chi connectivity index (χ3n) is 7.27. The highest BCUT2D eigenvalue weighted by Crippen LogP contribution is 2.41. The Hall–Kier alpha value is -3.33. The standard InChI is InChI=1S/C31H22B2S2/c1-17-23-9-5-4-8-20(23)12-26(33)31(17)30-16-22-14-27-21(13-28(22)35-30)15-29(34-27)24-10-18-6-2-3-7-19(18)11-25(24)32/h2-16H,32-33H2,1H3. The first-order valence-corrected chi connectivity index (χ1v) is 13.6. The highest BCUT2D eigenvalue weighted by atomic mass is 32.1. The van der Waals surface area contributed by atoms with Crippen LogP contribution >= 0.6 is 22.7 Å². The molecule has 0 aliphatic heterocycles. The van der Waals surface area contributed by atoms with Crippen molar-refractivity contribution in [1.29, 1.82) is 0 Å². The maximum absolute atomic E-state index is 2.39. The molecule has 0 fully saturated rings. The van der Waals surface area contributed by atoms with Gasteiger partial charge in [0.1, 0.15) is 15.7 Å². The molecule has 35 heavy (non-hydrogen) atoms. The van der Waals surface area contributed by atoms with Crippen LogP contribution in [0.15, 0.2) is 91.0 Å². The summed E-state index contributed by atoms with van der Waals surface area (Å²) in [5.74, 6) is 0. The van der Waals surface area contributed by atoms with Crippen molar-refractivity contribution in [2.45, 2.75) is 6.92 Å². The quantitative estimate of drug-likeness (QED) is 0.245. The van der Waals surface area contributed by atoms with E-state index >= 15 is 0 Å². The van der Waals surface area contributed by atoms with Gasteiger partial charge in [0.15, 0.2) is 0 Å². The largest absolute Gasteiger partial charge is 0.140 e. The normalized spacial score (nSPS) is 11.8. The molecular weight excluding hydrogens is 458 g/mol. The van der Waals surface area contributed by atoms with Crippen LogP contribution in [0.5, 0.6) is 0 Å². The van der Waals surface area contributed by atoms with Gasteiger partial charge in [0.05, 0.1) is 0 Å². The third-order valence-corrected chi connectivity index (χ3v) is 9.51. The van der Waals surface area contributed by atoms with E-state index in [1.54, 1.807) is 0 Å². The Morgan fingerprint density at radius 1 is 0.543 bits per heavy atom. The van der Waals surface area contributed by atoms with Crippen LogP contribution in [0, 0.1) is 6.92 Å². The smallest absolute Gasteiger partial charge is 0.135 e. The van der Waals surface area contributed by atoms with Crippen LogP contribution in [0.3, 0.4) is 0 Å². The van der Waals surface area contributed by atoms with Gasteiger partial charge in [-0.2, -0.15) is 0 Å². The van der Waals surface area contributed by atoms with E-state index in [4.69, 9.17) is 0 Å². The molecule has 7 aromatic rings. The molecular formula is C31H22B2S2. The van der Waals surface area contributed by atoms with Crippen molar-refractivity contribution in [2.24, 2.45) is 0 Å². The summed E-state index contributed by atoms with van der Waals surface area (Å²) < 4.78 is 2.72. The van der Waals surface area contributed by atoms with Gasteiger partial charge in [-0.05, 0) is 86.3 Å². The van der Waals surface area contributed by atoms with Crippen molar-refractivity contribution in [3.63, 3.8) is 0 Å². The molecule has 164 valence electrons. The molecule has 0 radical (unpaired) electrons. The van der Waals surface area contributed by atoms with Gasteiger partial charge >= 0.3 is 0 Å². The van der Waals surface area contributed by atoms with Gasteiger partial charge in [-0.15, -0.1) is 22.7 Å². The molecule has 0 aliphatic carbocycles. The second-order valence-electron chi connectivity index (χ2n) is 9.58. The summed E-state index contributed by atoms with van der Waals surface area (Å²) >= 11 is 3.82. The van der Waals surface area contributed by atoms with Crippen LogP contribution in [0.1, 0.15) is 5.56 Å². The molecule has 0 saturated heterocycles. The number of hydrogen-bond acceptors (Lipinski definition) is 2. The highest BCUT2D eigenvalue weighted by molar-refractivity contribution is 7.24. The van der Waals surface area contributed by atoms with E-state index in [1.807, 2.05) is 22.7 Å². The topological polar surface area (TPSA) is 0 Å². The number of rotatable bonds is 2. The number of thiophene rings is 2. The second kappa shape index (κ2) is 7.84. The van der Waals surface area contributed by atoms with Crippen molar-refractivity contribution in [2.75, 3.05) is 0 Å². The molecule has 0 aliphatic rings. The summed E-state index contributed by atoms with van der Waals surface area (Å²) in [6.45, 7) is 2.27. The molecule has 0 N–H and O–H groups in total. The van der Waals surface area contributed by atoms with Crippen molar-refractivity contribution in [3.8, 4) is 20.9 Å². The Balaban J connectivity index is 1.36. The molecule has 7 rings (SSSR count). The van der Waals surface area contributed by atoms with Gasteiger partial charge in [0.2, 0.25) is 0 Å². The van der Waals surface area contributed by atoms with Gasteiger partial charge < -0.3 is 0 Å². The lowest BCUT2D eigenvalue weighted by molar-refractivity contribution is 1.55. The number of fused-ring (bicyclic) bond motifs is 4. The molecule has 0 nitrogen and oxygen atoms in total. The first-order valence-electron chi connectivity index (χ1n) is 12.0. The zero-order chi connectivity index (χ0) is 23.7. The lowest BCUT2D eigenvalue weighted by Crippen LogP contribution is -2.08.